The summed E-state index contributed by atoms with van der Waals surface area (Å²) in [5.41, 5.74) is 1.76. The maximum absolute atomic E-state index is 11.8. The summed E-state index contributed by atoms with van der Waals surface area (Å²) in [5, 5.41) is 0.535. The smallest absolute Gasteiger partial charge is 0.230 e. The molecule has 0 saturated carbocycles. The number of carbonyl (C=O) groups is 1. The van der Waals surface area contributed by atoms with Crippen molar-refractivity contribution in [3.05, 3.63) is 64.7 Å². The van der Waals surface area contributed by atoms with Gasteiger partial charge in [0.15, 0.2) is 5.78 Å². The van der Waals surface area contributed by atoms with Crippen molar-refractivity contribution in [2.24, 2.45) is 0 Å². The maximum Gasteiger partial charge on any atom is 0.230 e. The summed E-state index contributed by atoms with van der Waals surface area (Å²) in [4.78, 5) is 11.8. The van der Waals surface area contributed by atoms with Gasteiger partial charge in [-0.25, -0.2) is 0 Å². The van der Waals surface area contributed by atoms with E-state index in [-0.39, 0.29) is 24.4 Å². The van der Waals surface area contributed by atoms with Gasteiger partial charge in [-0.2, -0.15) is 0 Å². The van der Waals surface area contributed by atoms with E-state index in [0.717, 1.165) is 6.54 Å². The number of quaternary nitrogens is 1. The second-order valence-electron chi connectivity index (χ2n) is 6.34. The van der Waals surface area contributed by atoms with E-state index in [2.05, 4.69) is 26.2 Å². The van der Waals surface area contributed by atoms with Crippen LogP contribution in [0.2, 0.25) is 5.02 Å². The molecule has 1 unspecified atom stereocenters. The van der Waals surface area contributed by atoms with Crippen LogP contribution in [-0.2, 0) is 6.54 Å². The predicted octanol–water partition coefficient (Wildman–Crippen LogP) is 1.55. The Kier molecular flexibility index (Phi) is 7.27. The number of ketones is 1. The minimum Gasteiger partial charge on any atom is -1.00 e. The zero-order chi connectivity index (χ0) is 17.0. The number of nitrogens with zero attached hydrogens (tertiary/aromatic N) is 1. The quantitative estimate of drug-likeness (QED) is 0.439. The summed E-state index contributed by atoms with van der Waals surface area (Å²) in [6.07, 6.45) is -0.116. The summed E-state index contributed by atoms with van der Waals surface area (Å²) >= 11 is 5.98. The topological polar surface area (TPSA) is 26.3 Å². The van der Waals surface area contributed by atoms with E-state index in [1.165, 1.54) is 12.5 Å². The van der Waals surface area contributed by atoms with Gasteiger partial charge >= 0.3 is 0 Å². The van der Waals surface area contributed by atoms with Crippen molar-refractivity contribution in [1.29, 1.82) is 0 Å². The molecular formula is C19H23Cl2NO2. The largest absolute Gasteiger partial charge is 1.00 e. The Bertz CT molecular complexity index is 687. The minimum atomic E-state index is -0.116. The van der Waals surface area contributed by atoms with Crippen LogP contribution in [0.5, 0.6) is 5.75 Å². The van der Waals surface area contributed by atoms with Gasteiger partial charge in [-0.1, -0.05) is 41.9 Å². The molecule has 3 nitrogen and oxygen atoms in total. The highest BCUT2D eigenvalue weighted by molar-refractivity contribution is 6.31. The molecule has 2 aromatic carbocycles. The third kappa shape index (κ3) is 5.23. The number of ether oxygens (including phenoxy) is 1. The second-order valence-corrected chi connectivity index (χ2v) is 6.77. The lowest BCUT2D eigenvalue weighted by Crippen LogP contribution is -3.00. The molecule has 0 radical (unpaired) electrons. The highest BCUT2D eigenvalue weighted by Crippen LogP contribution is 2.26. The first-order chi connectivity index (χ1) is 10.8. The molecular weight excluding hydrogens is 345 g/mol. The lowest BCUT2D eigenvalue weighted by Gasteiger charge is -2.36. The Morgan fingerprint density at radius 3 is 2.38 bits per heavy atom. The third-order valence-corrected chi connectivity index (χ3v) is 4.27. The summed E-state index contributed by atoms with van der Waals surface area (Å²) in [6, 6.07) is 15.5. The van der Waals surface area contributed by atoms with Gasteiger partial charge in [-0.15, -0.1) is 0 Å². The van der Waals surface area contributed by atoms with Gasteiger partial charge in [-0.05, 0) is 25.1 Å². The van der Waals surface area contributed by atoms with Crippen LogP contribution in [0.25, 0.3) is 0 Å². The number of hydrogen-bond acceptors (Lipinski definition) is 2. The van der Waals surface area contributed by atoms with Gasteiger partial charge in [-0.3, -0.25) is 9.28 Å². The molecule has 0 bridgehead atoms. The van der Waals surface area contributed by atoms with Crippen molar-refractivity contribution in [2.45, 2.75) is 26.6 Å². The summed E-state index contributed by atoms with van der Waals surface area (Å²) < 4.78 is 6.73. The molecule has 5 heteroatoms. The van der Waals surface area contributed by atoms with Crippen LogP contribution in [0.1, 0.15) is 29.8 Å². The first-order valence-corrected chi connectivity index (χ1v) is 8.01. The van der Waals surface area contributed by atoms with Crippen LogP contribution >= 0.6 is 11.6 Å². The van der Waals surface area contributed by atoms with Crippen molar-refractivity contribution < 1.29 is 26.4 Å². The zero-order valence-corrected chi connectivity index (χ0v) is 15.9. The number of halogens is 2. The predicted molar refractivity (Wildman–Crippen MR) is 93.8 cm³/mol. The van der Waals surface area contributed by atoms with Crippen LogP contribution < -0.4 is 17.1 Å². The van der Waals surface area contributed by atoms with E-state index < -0.39 is 0 Å². The van der Waals surface area contributed by atoms with Gasteiger partial charge in [0.25, 0.3) is 0 Å². The van der Waals surface area contributed by atoms with Crippen LogP contribution in [0.15, 0.2) is 48.5 Å². The Labute approximate surface area is 155 Å². The lowest BCUT2D eigenvalue weighted by atomic mass is 10.1. The van der Waals surface area contributed by atoms with Crippen molar-refractivity contribution in [3.63, 3.8) is 0 Å². The zero-order valence-electron chi connectivity index (χ0n) is 14.4. The minimum absolute atomic E-state index is 0. The fourth-order valence-corrected chi connectivity index (χ4v) is 2.56. The van der Waals surface area contributed by atoms with Gasteiger partial charge in [0.05, 0.1) is 19.7 Å². The molecule has 0 spiro atoms. The Morgan fingerprint density at radius 2 is 1.79 bits per heavy atom. The summed E-state index contributed by atoms with van der Waals surface area (Å²) in [5.74, 6) is 0.525. The number of Topliss-reactive ketones (excluding diaryl/α,β-unsaturated/α-hetero) is 1. The molecule has 0 aromatic heterocycles. The Morgan fingerprint density at radius 1 is 1.17 bits per heavy atom. The fraction of sp³-hybridized carbons (Fsp3) is 0.316. The van der Waals surface area contributed by atoms with Crippen LogP contribution in [0.3, 0.4) is 0 Å². The van der Waals surface area contributed by atoms with E-state index in [4.69, 9.17) is 16.3 Å². The van der Waals surface area contributed by atoms with Crippen molar-refractivity contribution in [1.82, 2.24) is 0 Å². The van der Waals surface area contributed by atoms with E-state index >= 15 is 0 Å². The number of benzene rings is 2. The molecule has 0 aliphatic heterocycles. The monoisotopic (exact) mass is 367 g/mol. The standard InChI is InChI=1S/C19H23ClNO2.ClH/c1-14(22)18-12-17(20)10-11-19(18)23-15(2)21(3,4)13-16-8-6-5-7-9-16;/h5-12,15H,13H2,1-4H3;1H/q+1;/p-1. The molecule has 1 atom stereocenters. The maximum atomic E-state index is 11.8. The van der Waals surface area contributed by atoms with E-state index in [0.29, 0.717) is 20.8 Å². The fourth-order valence-electron chi connectivity index (χ4n) is 2.39. The molecule has 0 fully saturated rings. The summed E-state index contributed by atoms with van der Waals surface area (Å²) in [6.45, 7) is 4.37. The average molecular weight is 368 g/mol. The van der Waals surface area contributed by atoms with E-state index in [1.54, 1.807) is 18.2 Å². The molecule has 2 rings (SSSR count). The number of carbonyl (C=O) groups excluding carboxylic acids is 1. The van der Waals surface area contributed by atoms with Crippen molar-refractivity contribution in [2.75, 3.05) is 14.1 Å². The first-order valence-electron chi connectivity index (χ1n) is 7.63. The van der Waals surface area contributed by atoms with Gasteiger partial charge < -0.3 is 17.1 Å². The van der Waals surface area contributed by atoms with Crippen LogP contribution in [0.4, 0.5) is 0 Å². The SMILES string of the molecule is CC(=O)c1cc(Cl)ccc1OC(C)[N+](C)(C)Cc1ccccc1.[Cl-]. The Hall–Kier alpha value is -1.55. The van der Waals surface area contributed by atoms with Gasteiger partial charge in [0.1, 0.15) is 12.3 Å². The molecule has 0 aliphatic carbocycles. The number of rotatable bonds is 6. The molecule has 2 aromatic rings. The molecule has 0 heterocycles. The average Bonchev–Trinajstić information content (AvgIpc) is 2.49. The van der Waals surface area contributed by atoms with Gasteiger partial charge in [0.2, 0.25) is 6.23 Å². The van der Waals surface area contributed by atoms with Crippen LogP contribution in [-0.4, -0.2) is 30.6 Å². The van der Waals surface area contributed by atoms with Gasteiger partial charge in [0, 0.05) is 17.5 Å². The molecule has 0 amide bonds. The molecule has 0 saturated heterocycles. The Balaban J connectivity index is 0.00000288. The molecule has 130 valence electrons. The molecule has 24 heavy (non-hydrogen) atoms. The van der Waals surface area contributed by atoms with Crippen molar-refractivity contribution in [3.8, 4) is 5.75 Å². The number of hydrogen-bond donors (Lipinski definition) is 0. The third-order valence-electron chi connectivity index (χ3n) is 4.04. The molecule has 0 aliphatic rings. The van der Waals surface area contributed by atoms with Crippen molar-refractivity contribution >= 4 is 17.4 Å². The summed E-state index contributed by atoms with van der Waals surface area (Å²) in [7, 11) is 4.22. The normalized spacial score (nSPS) is 12.2. The first kappa shape index (κ1) is 20.5. The van der Waals surface area contributed by atoms with Crippen LogP contribution in [0, 0.1) is 0 Å². The highest BCUT2D eigenvalue weighted by atomic mass is 35.5. The molecule has 0 N–H and O–H groups in total. The lowest BCUT2D eigenvalue weighted by molar-refractivity contribution is -0.943. The van der Waals surface area contributed by atoms with E-state index in [9.17, 15) is 4.79 Å². The second kappa shape index (κ2) is 8.52. The highest BCUT2D eigenvalue weighted by Gasteiger charge is 2.27. The van der Waals surface area contributed by atoms with E-state index in [1.807, 2.05) is 25.1 Å².